The summed E-state index contributed by atoms with van der Waals surface area (Å²) in [5, 5.41) is 56.5. The quantitative estimate of drug-likeness (QED) is 0.187. The highest BCUT2D eigenvalue weighted by Gasteiger charge is 1.98. The Balaban J connectivity index is 0.000000163. The van der Waals surface area contributed by atoms with E-state index in [1.165, 1.54) is 30.9 Å². The fraction of sp³-hybridized carbons (Fsp3) is 0.100. The van der Waals surface area contributed by atoms with Crippen molar-refractivity contribution in [2.24, 2.45) is 0 Å². The Kier molecular flexibility index (Phi) is 17.7. The molecule has 17 heteroatoms. The molecule has 280 valence electrons. The van der Waals surface area contributed by atoms with Crippen LogP contribution < -0.4 is 0 Å². The van der Waals surface area contributed by atoms with Gasteiger partial charge in [-0.25, -0.2) is 24.3 Å². The minimum atomic E-state index is 0.673. The van der Waals surface area contributed by atoms with Crippen LogP contribution in [0.5, 0.6) is 0 Å². The lowest BCUT2D eigenvalue weighted by molar-refractivity contribution is 0.685. The van der Waals surface area contributed by atoms with Gasteiger partial charge in [0.15, 0.2) is 0 Å². The molecule has 1 N–H and O–H groups in total. The molecule has 57 heavy (non-hydrogen) atoms. The number of alkyl halides is 1. The van der Waals surface area contributed by atoms with Crippen LogP contribution in [0.4, 0.5) is 0 Å². The van der Waals surface area contributed by atoms with E-state index in [-0.39, 0.29) is 0 Å². The fourth-order valence-electron chi connectivity index (χ4n) is 4.41. The van der Waals surface area contributed by atoms with Crippen LogP contribution >= 0.6 is 15.9 Å². The van der Waals surface area contributed by atoms with E-state index in [1.54, 1.807) is 71.1 Å². The Bertz CT molecular complexity index is 2190. The van der Waals surface area contributed by atoms with Crippen LogP contribution in [0.3, 0.4) is 0 Å². The van der Waals surface area contributed by atoms with Gasteiger partial charge in [0.1, 0.15) is 50.6 Å². The van der Waals surface area contributed by atoms with Gasteiger partial charge in [0.05, 0.1) is 59.6 Å². The first-order chi connectivity index (χ1) is 28.0. The van der Waals surface area contributed by atoms with Crippen molar-refractivity contribution in [1.29, 1.82) is 21.0 Å². The van der Waals surface area contributed by atoms with Crippen molar-refractivity contribution in [3.05, 3.63) is 192 Å². The molecule has 0 aliphatic rings. The summed E-state index contributed by atoms with van der Waals surface area (Å²) in [5.41, 5.74) is 7.27. The lowest BCUT2D eigenvalue weighted by Crippen LogP contribution is -1.99. The second-order valence-corrected chi connectivity index (χ2v) is 11.9. The van der Waals surface area contributed by atoms with Crippen molar-refractivity contribution in [1.82, 2.24) is 59.5 Å². The fourth-order valence-corrected chi connectivity index (χ4v) is 4.78. The molecule has 4 aromatic carbocycles. The van der Waals surface area contributed by atoms with E-state index in [4.69, 9.17) is 21.0 Å². The summed E-state index contributed by atoms with van der Waals surface area (Å²) in [6.45, 7) is 2.11. The van der Waals surface area contributed by atoms with E-state index in [0.717, 1.165) is 28.6 Å². The third kappa shape index (κ3) is 15.8. The third-order valence-electron chi connectivity index (χ3n) is 7.27. The van der Waals surface area contributed by atoms with Crippen molar-refractivity contribution >= 4 is 15.9 Å². The summed E-state index contributed by atoms with van der Waals surface area (Å²) in [6, 6.07) is 38.1. The molecule has 4 heterocycles. The number of H-pyrrole nitrogens is 1. The maximum Gasteiger partial charge on any atom is 0.137 e. The Morgan fingerprint density at radius 1 is 0.474 bits per heavy atom. The molecule has 0 saturated carbocycles. The van der Waals surface area contributed by atoms with Crippen LogP contribution in [0, 0.1) is 45.3 Å². The Hall–Kier alpha value is -8.12. The largest absolute Gasteiger partial charge is 0.316 e. The number of rotatable bonds is 7. The molecule has 0 amide bonds. The van der Waals surface area contributed by atoms with Gasteiger partial charge in [-0.1, -0.05) is 64.5 Å². The maximum absolute atomic E-state index is 8.61. The highest BCUT2D eigenvalue weighted by Crippen LogP contribution is 2.08. The summed E-state index contributed by atoms with van der Waals surface area (Å²) in [6.07, 6.45) is 12.6. The molecule has 8 rings (SSSR count). The molecule has 0 radical (unpaired) electrons. The molecule has 4 aromatic heterocycles. The molecule has 0 fully saturated rings. The first-order valence-electron chi connectivity index (χ1n) is 16.8. The Labute approximate surface area is 336 Å². The summed E-state index contributed by atoms with van der Waals surface area (Å²) < 4.78 is 5.35. The number of hydrogen-bond acceptors (Lipinski definition) is 12. The average molecular weight is 818 g/mol. The summed E-state index contributed by atoms with van der Waals surface area (Å²) >= 11 is 3.32. The molecule has 0 spiro atoms. The van der Waals surface area contributed by atoms with Crippen LogP contribution in [0.25, 0.3) is 0 Å². The molecule has 8 aromatic rings. The van der Waals surface area contributed by atoms with Crippen LogP contribution in [-0.2, 0) is 25.0 Å². The lowest BCUT2D eigenvalue weighted by atomic mass is 10.1. The zero-order valence-corrected chi connectivity index (χ0v) is 31.9. The van der Waals surface area contributed by atoms with E-state index in [9.17, 15) is 0 Å². The van der Waals surface area contributed by atoms with Gasteiger partial charge >= 0.3 is 0 Å². The van der Waals surface area contributed by atoms with Gasteiger partial charge in [-0.3, -0.25) is 5.10 Å². The van der Waals surface area contributed by atoms with Gasteiger partial charge in [-0.05, 0) is 70.8 Å². The second-order valence-electron chi connectivity index (χ2n) is 11.3. The average Bonchev–Trinajstić information content (AvgIpc) is 4.14. The van der Waals surface area contributed by atoms with Crippen LogP contribution in [-0.4, -0.2) is 59.5 Å². The SMILES string of the molecule is N#Cc1ccc(CBr)cc1.N#Cc1ccc(Cn2cncn2)cc1.N#Cc1ccc(Cn2cncn2)cc1.N#Cc1ccc(Cn2cnnc2)cc1.c1nc[nH]n1. The van der Waals surface area contributed by atoms with E-state index in [0.29, 0.717) is 35.3 Å². The van der Waals surface area contributed by atoms with Crippen molar-refractivity contribution in [3.63, 3.8) is 0 Å². The third-order valence-corrected chi connectivity index (χ3v) is 7.92. The van der Waals surface area contributed by atoms with E-state index in [1.807, 2.05) is 65.2 Å². The van der Waals surface area contributed by atoms with E-state index < -0.39 is 0 Å². The van der Waals surface area contributed by atoms with Crippen molar-refractivity contribution in [2.75, 3.05) is 0 Å². The predicted octanol–water partition coefficient (Wildman–Crippen LogP) is 5.85. The number of nitrogens with one attached hydrogen (secondary N) is 1. The van der Waals surface area contributed by atoms with Gasteiger partial charge in [0.2, 0.25) is 0 Å². The van der Waals surface area contributed by atoms with Crippen LogP contribution in [0.15, 0.2) is 148 Å². The lowest BCUT2D eigenvalue weighted by Gasteiger charge is -2.00. The van der Waals surface area contributed by atoms with Crippen molar-refractivity contribution in [3.8, 4) is 24.3 Å². The molecule has 16 nitrogen and oxygen atoms in total. The van der Waals surface area contributed by atoms with Crippen LogP contribution in [0.2, 0.25) is 0 Å². The molecule has 0 saturated heterocycles. The zero-order valence-electron chi connectivity index (χ0n) is 30.3. The Morgan fingerprint density at radius 3 is 1.14 bits per heavy atom. The first-order valence-corrected chi connectivity index (χ1v) is 17.9. The van der Waals surface area contributed by atoms with Gasteiger partial charge in [-0.15, -0.1) is 10.2 Å². The standard InChI is InChI=1S/3C10H8N4.C8H6BrN.C2H3N3/c11-5-9-1-3-10(4-2-9)6-14-7-12-13-8-14;2*11-5-9-1-3-10(4-2-9)6-14-8-12-7-13-14;9-5-7-1-3-8(6-10)4-2-7;1-3-2-5-4-1/h3*1-4,7-8H,6H2;1-4H,5H2;1-2H,(H,3,4,5). The smallest absolute Gasteiger partial charge is 0.137 e. The number of halogens is 1. The maximum atomic E-state index is 8.61. The summed E-state index contributed by atoms with van der Waals surface area (Å²) in [7, 11) is 0. The van der Waals surface area contributed by atoms with E-state index in [2.05, 4.69) is 85.8 Å². The molecule has 0 aliphatic carbocycles. The number of benzene rings is 4. The first kappa shape index (κ1) is 41.6. The van der Waals surface area contributed by atoms with Gasteiger partial charge in [0, 0.05) is 11.9 Å². The number of aromatic amines is 1. The van der Waals surface area contributed by atoms with Gasteiger partial charge in [-0.2, -0.15) is 36.3 Å². The summed E-state index contributed by atoms with van der Waals surface area (Å²) in [4.78, 5) is 11.3. The molecule has 0 unspecified atom stereocenters. The zero-order chi connectivity index (χ0) is 40.3. The van der Waals surface area contributed by atoms with Gasteiger partial charge < -0.3 is 4.57 Å². The number of nitriles is 4. The number of nitrogens with zero attached hydrogens (tertiary/aromatic N) is 15. The highest BCUT2D eigenvalue weighted by molar-refractivity contribution is 9.08. The molecule has 0 aliphatic heterocycles. The highest BCUT2D eigenvalue weighted by atomic mass is 79.9. The minimum absolute atomic E-state index is 0.673. The van der Waals surface area contributed by atoms with Crippen molar-refractivity contribution in [2.45, 2.75) is 25.0 Å². The normalized spacial score (nSPS) is 9.35. The van der Waals surface area contributed by atoms with Gasteiger partial charge in [0.25, 0.3) is 0 Å². The molecular formula is C40H33BrN16. The molecule has 0 bridgehead atoms. The molecule has 0 atom stereocenters. The Morgan fingerprint density at radius 2 is 0.860 bits per heavy atom. The van der Waals surface area contributed by atoms with E-state index >= 15 is 0 Å². The monoisotopic (exact) mass is 816 g/mol. The summed E-state index contributed by atoms with van der Waals surface area (Å²) in [5.74, 6) is 0. The minimum Gasteiger partial charge on any atom is -0.316 e. The second kappa shape index (κ2) is 24.2. The predicted molar refractivity (Wildman–Crippen MR) is 211 cm³/mol. The van der Waals surface area contributed by atoms with Crippen molar-refractivity contribution < 1.29 is 0 Å². The number of hydrogen-bond donors (Lipinski definition) is 1. The topological polar surface area (TPSA) is 229 Å². The van der Waals surface area contributed by atoms with Crippen LogP contribution in [0.1, 0.15) is 44.5 Å². The number of aromatic nitrogens is 12. The molecular weight excluding hydrogens is 784 g/mol.